The highest BCUT2D eigenvalue weighted by atomic mass is 16.5. The highest BCUT2D eigenvalue weighted by Gasteiger charge is 2.48. The van der Waals surface area contributed by atoms with E-state index in [-0.39, 0.29) is 18.4 Å². The lowest BCUT2D eigenvalue weighted by Gasteiger charge is -2.35. The van der Waals surface area contributed by atoms with E-state index in [1.807, 2.05) is 24.3 Å². The molecule has 4 amide bonds. The highest BCUT2D eigenvalue weighted by molar-refractivity contribution is 6.08. The minimum Gasteiger partial charge on any atom is -0.497 e. The zero-order chi connectivity index (χ0) is 21.2. The number of amides is 4. The van der Waals surface area contributed by atoms with E-state index in [1.165, 1.54) is 0 Å². The Kier molecular flexibility index (Phi) is 6.15. The first-order valence-electron chi connectivity index (χ1n) is 10.3. The van der Waals surface area contributed by atoms with Crippen molar-refractivity contribution in [2.75, 3.05) is 26.7 Å². The number of methoxy groups -OCH3 is 1. The zero-order valence-electron chi connectivity index (χ0n) is 17.7. The molecule has 2 aliphatic heterocycles. The third-order valence-electron chi connectivity index (χ3n) is 5.93. The van der Waals surface area contributed by atoms with Crippen LogP contribution in [0.15, 0.2) is 24.3 Å². The fraction of sp³-hybridized carbons (Fsp3) is 0.591. The summed E-state index contributed by atoms with van der Waals surface area (Å²) in [6, 6.07) is 7.15. The minimum atomic E-state index is -1.00. The van der Waals surface area contributed by atoms with E-state index in [4.69, 9.17) is 4.74 Å². The van der Waals surface area contributed by atoms with Crippen molar-refractivity contribution in [1.82, 2.24) is 15.1 Å². The maximum Gasteiger partial charge on any atom is 0.325 e. The summed E-state index contributed by atoms with van der Waals surface area (Å²) in [6.45, 7) is 7.15. The number of urea groups is 1. The van der Waals surface area contributed by atoms with Crippen LogP contribution in [-0.4, -0.2) is 59.9 Å². The van der Waals surface area contributed by atoms with Crippen LogP contribution in [-0.2, 0) is 16.0 Å². The van der Waals surface area contributed by atoms with Crippen LogP contribution in [0, 0.1) is 11.8 Å². The van der Waals surface area contributed by atoms with Gasteiger partial charge in [0, 0.05) is 13.1 Å². The summed E-state index contributed by atoms with van der Waals surface area (Å²) in [5, 5.41) is 2.79. The second kappa shape index (κ2) is 8.43. The van der Waals surface area contributed by atoms with Crippen molar-refractivity contribution >= 4 is 17.8 Å². The van der Waals surface area contributed by atoms with Crippen LogP contribution in [0.25, 0.3) is 0 Å². The number of piperidine rings is 1. The molecule has 29 heavy (non-hydrogen) atoms. The summed E-state index contributed by atoms with van der Waals surface area (Å²) in [6.07, 6.45) is 2.19. The van der Waals surface area contributed by atoms with Gasteiger partial charge in [-0.2, -0.15) is 0 Å². The number of hydrogen-bond donors (Lipinski definition) is 1. The van der Waals surface area contributed by atoms with Gasteiger partial charge in [-0.15, -0.1) is 0 Å². The predicted molar refractivity (Wildman–Crippen MR) is 109 cm³/mol. The van der Waals surface area contributed by atoms with Gasteiger partial charge in [-0.05, 0) is 55.7 Å². The lowest BCUT2D eigenvalue weighted by atomic mass is 9.92. The van der Waals surface area contributed by atoms with E-state index in [0.717, 1.165) is 22.6 Å². The number of ether oxygens (including phenoxy) is 1. The SMILES string of the molecule is COc1ccc(CC[C@@]2(C)NC(=O)N(CC(=O)N3C[C@H](C)C[C@@H](C)C3)C2=O)cc1. The van der Waals surface area contributed by atoms with Gasteiger partial charge < -0.3 is 15.0 Å². The lowest BCUT2D eigenvalue weighted by molar-refractivity contribution is -0.140. The molecular formula is C22H31N3O4. The molecule has 0 saturated carbocycles. The molecule has 0 spiro atoms. The topological polar surface area (TPSA) is 79.0 Å². The largest absolute Gasteiger partial charge is 0.497 e. The fourth-order valence-electron chi connectivity index (χ4n) is 4.35. The molecule has 7 nitrogen and oxygen atoms in total. The number of aryl methyl sites for hydroxylation is 1. The Morgan fingerprint density at radius 1 is 1.17 bits per heavy atom. The first-order chi connectivity index (χ1) is 13.7. The van der Waals surface area contributed by atoms with Gasteiger partial charge in [0.25, 0.3) is 5.91 Å². The smallest absolute Gasteiger partial charge is 0.325 e. The second-order valence-corrected chi connectivity index (χ2v) is 8.75. The minimum absolute atomic E-state index is 0.161. The number of carbonyl (C=O) groups is 3. The van der Waals surface area contributed by atoms with Crippen molar-refractivity contribution < 1.29 is 19.1 Å². The number of nitrogens with one attached hydrogen (secondary N) is 1. The lowest BCUT2D eigenvalue weighted by Crippen LogP contribution is -2.49. The first kappa shape index (κ1) is 21.1. The van der Waals surface area contributed by atoms with Crippen LogP contribution in [0.1, 0.15) is 39.2 Å². The van der Waals surface area contributed by atoms with E-state index < -0.39 is 11.6 Å². The van der Waals surface area contributed by atoms with Gasteiger partial charge in [0.15, 0.2) is 0 Å². The number of imide groups is 1. The van der Waals surface area contributed by atoms with Crippen molar-refractivity contribution in [3.05, 3.63) is 29.8 Å². The average Bonchev–Trinajstić information content (AvgIpc) is 2.89. The highest BCUT2D eigenvalue weighted by Crippen LogP contribution is 2.25. The molecular weight excluding hydrogens is 370 g/mol. The number of likely N-dealkylation sites (tertiary alicyclic amines) is 1. The van der Waals surface area contributed by atoms with Crippen LogP contribution in [0.2, 0.25) is 0 Å². The second-order valence-electron chi connectivity index (χ2n) is 8.75. The summed E-state index contributed by atoms with van der Waals surface area (Å²) >= 11 is 0. The number of carbonyl (C=O) groups excluding carboxylic acids is 3. The van der Waals surface area contributed by atoms with E-state index in [9.17, 15) is 14.4 Å². The Morgan fingerprint density at radius 3 is 2.38 bits per heavy atom. The van der Waals surface area contributed by atoms with Gasteiger partial charge in [0.05, 0.1) is 7.11 Å². The predicted octanol–water partition coefficient (Wildman–Crippen LogP) is 2.44. The molecule has 158 valence electrons. The fourth-order valence-corrected chi connectivity index (χ4v) is 4.35. The van der Waals surface area contributed by atoms with E-state index >= 15 is 0 Å². The Bertz CT molecular complexity index is 769. The van der Waals surface area contributed by atoms with Gasteiger partial charge in [-0.3, -0.25) is 14.5 Å². The van der Waals surface area contributed by atoms with Crippen LogP contribution in [0.4, 0.5) is 4.79 Å². The number of nitrogens with zero attached hydrogens (tertiary/aromatic N) is 2. The molecule has 1 aromatic rings. The molecule has 2 heterocycles. The molecule has 2 aliphatic rings. The molecule has 0 aliphatic carbocycles. The molecule has 2 fully saturated rings. The van der Waals surface area contributed by atoms with Gasteiger partial charge >= 0.3 is 6.03 Å². The molecule has 0 bridgehead atoms. The van der Waals surface area contributed by atoms with E-state index in [0.29, 0.717) is 37.8 Å². The Morgan fingerprint density at radius 2 is 1.79 bits per heavy atom. The maximum absolute atomic E-state index is 13.0. The third-order valence-corrected chi connectivity index (χ3v) is 5.93. The third kappa shape index (κ3) is 4.71. The molecule has 0 aromatic heterocycles. The zero-order valence-corrected chi connectivity index (χ0v) is 17.7. The summed E-state index contributed by atoms with van der Waals surface area (Å²) in [5.41, 5.74) is 0.0552. The normalized spacial score (nSPS) is 27.2. The molecule has 7 heteroatoms. The van der Waals surface area contributed by atoms with Crippen molar-refractivity contribution in [3.8, 4) is 5.75 Å². The van der Waals surface area contributed by atoms with Gasteiger partial charge in [-0.25, -0.2) is 4.79 Å². The molecule has 0 radical (unpaired) electrons. The van der Waals surface area contributed by atoms with Gasteiger partial charge in [0.1, 0.15) is 17.8 Å². The Hall–Kier alpha value is -2.57. The van der Waals surface area contributed by atoms with Gasteiger partial charge in [0.2, 0.25) is 5.91 Å². The molecule has 3 rings (SSSR count). The summed E-state index contributed by atoms with van der Waals surface area (Å²) < 4.78 is 5.16. The van der Waals surface area contributed by atoms with Crippen molar-refractivity contribution in [2.24, 2.45) is 11.8 Å². The van der Waals surface area contributed by atoms with Crippen LogP contribution < -0.4 is 10.1 Å². The number of rotatable bonds is 6. The Balaban J connectivity index is 1.61. The van der Waals surface area contributed by atoms with Gasteiger partial charge in [-0.1, -0.05) is 26.0 Å². The summed E-state index contributed by atoms with van der Waals surface area (Å²) in [7, 11) is 1.61. The molecule has 3 atom stereocenters. The van der Waals surface area contributed by atoms with Crippen LogP contribution in [0.3, 0.4) is 0 Å². The van der Waals surface area contributed by atoms with Crippen molar-refractivity contribution in [1.29, 1.82) is 0 Å². The summed E-state index contributed by atoms with van der Waals surface area (Å²) in [5.74, 6) is 1.14. The first-order valence-corrected chi connectivity index (χ1v) is 10.3. The molecule has 2 saturated heterocycles. The van der Waals surface area contributed by atoms with Crippen LogP contribution >= 0.6 is 0 Å². The van der Waals surface area contributed by atoms with Crippen molar-refractivity contribution in [3.63, 3.8) is 0 Å². The maximum atomic E-state index is 13.0. The Labute approximate surface area is 172 Å². The molecule has 1 N–H and O–H groups in total. The van der Waals surface area contributed by atoms with Crippen molar-refractivity contribution in [2.45, 2.75) is 45.6 Å². The van der Waals surface area contributed by atoms with E-state index in [2.05, 4.69) is 19.2 Å². The molecule has 1 aromatic carbocycles. The summed E-state index contributed by atoms with van der Waals surface area (Å²) in [4.78, 5) is 41.0. The van der Waals surface area contributed by atoms with E-state index in [1.54, 1.807) is 18.9 Å². The molecule has 0 unspecified atom stereocenters. The standard InChI is InChI=1S/C22H31N3O4/c1-15-11-16(2)13-24(12-15)19(26)14-25-20(27)22(3,23-21(25)28)10-9-17-5-7-18(29-4)8-6-17/h5-8,15-16H,9-14H2,1-4H3,(H,23,28)/t15-,16-,22-/m1/s1. The average molecular weight is 402 g/mol. The monoisotopic (exact) mass is 401 g/mol. The number of benzene rings is 1. The quantitative estimate of drug-likeness (QED) is 0.743. The van der Waals surface area contributed by atoms with Crippen LogP contribution in [0.5, 0.6) is 5.75 Å². The number of hydrogen-bond acceptors (Lipinski definition) is 4.